The number of Topliss-reactive ketones (excluding diaryl/α,β-unsaturated/α-hetero) is 1. The van der Waals surface area contributed by atoms with Gasteiger partial charge in [0.05, 0.1) is 13.0 Å². The average molecular weight is 305 g/mol. The largest absolute Gasteiger partial charge is 0.468 e. The van der Waals surface area contributed by atoms with Crippen molar-refractivity contribution in [2.24, 2.45) is 5.41 Å². The fraction of sp³-hybridized carbons (Fsp3) is 0.500. The molecular weight excluding hydrogens is 286 g/mol. The Morgan fingerprint density at radius 3 is 2.73 bits per heavy atom. The molecule has 2 atom stereocenters. The lowest BCUT2D eigenvalue weighted by Gasteiger charge is -2.31. The second-order valence-corrected chi connectivity index (χ2v) is 5.72. The normalized spacial score (nSPS) is 22.4. The van der Waals surface area contributed by atoms with Gasteiger partial charge < -0.3 is 4.74 Å². The maximum Gasteiger partial charge on any atom is 0.320 e. The molecule has 0 bridgehead atoms. The predicted octanol–water partition coefficient (Wildman–Crippen LogP) is 2.27. The molecule has 0 radical (unpaired) electrons. The van der Waals surface area contributed by atoms with Gasteiger partial charge in [0.15, 0.2) is 5.78 Å². The van der Waals surface area contributed by atoms with E-state index >= 15 is 0 Å². The molecule has 1 fully saturated rings. The highest BCUT2D eigenvalue weighted by molar-refractivity contribution is 6.06. The van der Waals surface area contributed by atoms with Gasteiger partial charge in [0.1, 0.15) is 5.41 Å². The second kappa shape index (κ2) is 6.25. The fourth-order valence-corrected chi connectivity index (χ4v) is 3.38. The van der Waals surface area contributed by atoms with Crippen LogP contribution in [0.5, 0.6) is 0 Å². The number of hydrogen-bond donors (Lipinski definition) is 0. The van der Waals surface area contributed by atoms with Gasteiger partial charge in [-0.25, -0.2) is 0 Å². The summed E-state index contributed by atoms with van der Waals surface area (Å²) in [5.41, 5.74) is 0.129. The number of nitro groups is 1. The number of carbonyl (C=O) groups is 2. The minimum Gasteiger partial charge on any atom is -0.468 e. The summed E-state index contributed by atoms with van der Waals surface area (Å²) < 4.78 is 4.84. The number of ketones is 1. The van der Waals surface area contributed by atoms with Crippen LogP contribution < -0.4 is 0 Å². The van der Waals surface area contributed by atoms with Gasteiger partial charge in [0, 0.05) is 11.3 Å². The van der Waals surface area contributed by atoms with Crippen LogP contribution in [0.1, 0.15) is 36.3 Å². The second-order valence-electron chi connectivity index (χ2n) is 5.72. The Balaban J connectivity index is 2.57. The van der Waals surface area contributed by atoms with Crippen LogP contribution in [-0.4, -0.2) is 30.3 Å². The summed E-state index contributed by atoms with van der Waals surface area (Å²) in [4.78, 5) is 35.5. The fourth-order valence-electron chi connectivity index (χ4n) is 3.38. The lowest BCUT2D eigenvalue weighted by atomic mass is 9.69. The third-order valence-corrected chi connectivity index (χ3v) is 4.39. The maximum atomic E-state index is 12.5. The number of rotatable bonds is 5. The summed E-state index contributed by atoms with van der Waals surface area (Å²) in [6, 6.07) is 7.18. The van der Waals surface area contributed by atoms with E-state index in [1.807, 2.05) is 13.0 Å². The Morgan fingerprint density at radius 1 is 1.50 bits per heavy atom. The molecule has 1 aliphatic carbocycles. The highest BCUT2D eigenvalue weighted by atomic mass is 16.6. The molecule has 1 aromatic rings. The van der Waals surface area contributed by atoms with Crippen molar-refractivity contribution >= 4 is 11.8 Å². The van der Waals surface area contributed by atoms with Gasteiger partial charge in [-0.05, 0) is 25.3 Å². The van der Waals surface area contributed by atoms with Crippen molar-refractivity contribution in [2.45, 2.75) is 32.1 Å². The molecule has 6 heteroatoms. The molecule has 1 aliphatic rings. The summed E-state index contributed by atoms with van der Waals surface area (Å²) in [6.45, 7) is 1.40. The van der Waals surface area contributed by atoms with Crippen molar-refractivity contribution in [3.63, 3.8) is 0 Å². The number of nitrogens with zero attached hydrogens (tertiary/aromatic N) is 1. The monoisotopic (exact) mass is 305 g/mol. The van der Waals surface area contributed by atoms with Crippen molar-refractivity contribution in [3.05, 3.63) is 45.5 Å². The summed E-state index contributed by atoms with van der Waals surface area (Å²) in [6.07, 6.45) is 1.11. The minimum atomic E-state index is -1.43. The molecule has 0 aliphatic heterocycles. The van der Waals surface area contributed by atoms with E-state index in [1.165, 1.54) is 7.11 Å². The van der Waals surface area contributed by atoms with E-state index in [-0.39, 0.29) is 12.2 Å². The maximum absolute atomic E-state index is 12.5. The van der Waals surface area contributed by atoms with Crippen LogP contribution in [0.2, 0.25) is 0 Å². The highest BCUT2D eigenvalue weighted by Crippen LogP contribution is 2.47. The number of methoxy groups -OCH3 is 1. The number of benzene rings is 1. The van der Waals surface area contributed by atoms with Crippen LogP contribution in [0.25, 0.3) is 0 Å². The molecule has 0 saturated heterocycles. The van der Waals surface area contributed by atoms with Crippen LogP contribution >= 0.6 is 0 Å². The molecule has 6 nitrogen and oxygen atoms in total. The first kappa shape index (κ1) is 16.1. The number of aryl methyl sites for hydroxylation is 1. The summed E-state index contributed by atoms with van der Waals surface area (Å²) in [5.74, 6) is -1.72. The van der Waals surface area contributed by atoms with E-state index in [2.05, 4.69) is 0 Å². The van der Waals surface area contributed by atoms with E-state index in [1.54, 1.807) is 18.2 Å². The summed E-state index contributed by atoms with van der Waals surface area (Å²) in [7, 11) is 1.22. The molecule has 0 aromatic heterocycles. The average Bonchev–Trinajstić information content (AvgIpc) is 2.86. The topological polar surface area (TPSA) is 86.5 Å². The zero-order valence-electron chi connectivity index (χ0n) is 12.7. The Morgan fingerprint density at radius 2 is 2.23 bits per heavy atom. The van der Waals surface area contributed by atoms with E-state index in [4.69, 9.17) is 4.74 Å². The lowest BCUT2D eigenvalue weighted by molar-refractivity contribution is -0.485. The van der Waals surface area contributed by atoms with Gasteiger partial charge in [-0.3, -0.25) is 19.7 Å². The van der Waals surface area contributed by atoms with E-state index in [0.29, 0.717) is 18.4 Å². The first-order valence-corrected chi connectivity index (χ1v) is 7.22. The molecule has 2 rings (SSSR count). The highest BCUT2D eigenvalue weighted by Gasteiger charge is 2.57. The molecule has 1 saturated carbocycles. The third kappa shape index (κ3) is 2.73. The lowest BCUT2D eigenvalue weighted by Crippen LogP contribution is -2.44. The molecule has 0 N–H and O–H groups in total. The summed E-state index contributed by atoms with van der Waals surface area (Å²) >= 11 is 0. The van der Waals surface area contributed by atoms with Gasteiger partial charge in [0.2, 0.25) is 6.54 Å². The van der Waals surface area contributed by atoms with E-state index in [0.717, 1.165) is 5.56 Å². The quantitative estimate of drug-likeness (QED) is 0.360. The Kier molecular flexibility index (Phi) is 4.59. The SMILES string of the molecule is COC(=O)[C@]1([C@H](C[N+](=O)[O-])c2cccc(C)c2)CCCC1=O. The molecule has 22 heavy (non-hydrogen) atoms. The number of hydrogen-bond acceptors (Lipinski definition) is 5. The minimum absolute atomic E-state index is 0.257. The van der Waals surface area contributed by atoms with Crippen LogP contribution in [0.15, 0.2) is 24.3 Å². The van der Waals surface area contributed by atoms with E-state index < -0.39 is 28.8 Å². The van der Waals surface area contributed by atoms with E-state index in [9.17, 15) is 19.7 Å². The molecule has 0 spiro atoms. The zero-order chi connectivity index (χ0) is 16.3. The first-order chi connectivity index (χ1) is 10.4. The third-order valence-electron chi connectivity index (χ3n) is 4.39. The van der Waals surface area contributed by atoms with Crippen molar-refractivity contribution < 1.29 is 19.2 Å². The molecule has 1 aromatic carbocycles. The number of carbonyl (C=O) groups excluding carboxylic acids is 2. The van der Waals surface area contributed by atoms with Crippen molar-refractivity contribution in [1.29, 1.82) is 0 Å². The smallest absolute Gasteiger partial charge is 0.320 e. The number of ether oxygens (including phenoxy) is 1. The van der Waals surface area contributed by atoms with Crippen LogP contribution in [0, 0.1) is 22.5 Å². The van der Waals surface area contributed by atoms with Gasteiger partial charge >= 0.3 is 5.97 Å². The van der Waals surface area contributed by atoms with Gasteiger partial charge in [-0.15, -0.1) is 0 Å². The van der Waals surface area contributed by atoms with Gasteiger partial charge in [-0.1, -0.05) is 29.8 Å². The Hall–Kier alpha value is -2.24. The zero-order valence-corrected chi connectivity index (χ0v) is 12.7. The van der Waals surface area contributed by atoms with Crippen LogP contribution in [-0.2, 0) is 14.3 Å². The standard InChI is InChI=1S/C16H19NO5/c1-11-5-3-6-12(9-11)13(10-17(20)21)16(15(19)22-2)8-4-7-14(16)18/h3,5-6,9,13H,4,7-8,10H2,1-2H3/t13-,16+/m1/s1. The molecule has 118 valence electrons. The van der Waals surface area contributed by atoms with Crippen LogP contribution in [0.4, 0.5) is 0 Å². The van der Waals surface area contributed by atoms with Crippen molar-refractivity contribution in [3.8, 4) is 0 Å². The van der Waals surface area contributed by atoms with Crippen molar-refractivity contribution in [2.75, 3.05) is 13.7 Å². The molecule has 0 unspecified atom stereocenters. The Labute approximate surface area is 128 Å². The van der Waals surface area contributed by atoms with Crippen molar-refractivity contribution in [1.82, 2.24) is 0 Å². The first-order valence-electron chi connectivity index (χ1n) is 7.22. The Bertz CT molecular complexity index is 612. The van der Waals surface area contributed by atoms with Gasteiger partial charge in [0.25, 0.3) is 0 Å². The molecular formula is C16H19NO5. The molecule has 0 amide bonds. The van der Waals surface area contributed by atoms with Gasteiger partial charge in [-0.2, -0.15) is 0 Å². The molecule has 0 heterocycles. The summed E-state index contributed by atoms with van der Waals surface area (Å²) in [5, 5.41) is 11.1. The predicted molar refractivity (Wildman–Crippen MR) is 79.1 cm³/mol. The number of esters is 1. The van der Waals surface area contributed by atoms with Crippen LogP contribution in [0.3, 0.4) is 0 Å².